The molecule has 4 aromatic rings. The zero-order valence-electron chi connectivity index (χ0n) is 35.4. The molecular weight excluding hydrogens is 739 g/mol. The molecular formula is C49H70F2N8. The Morgan fingerprint density at radius 3 is 1.49 bits per heavy atom. The predicted octanol–water partition coefficient (Wildman–Crippen LogP) is 11.3. The lowest BCUT2D eigenvalue weighted by atomic mass is 9.84. The molecule has 6 saturated heterocycles. The number of piperidine rings is 3. The van der Waals surface area contributed by atoms with Gasteiger partial charge in [0.05, 0.1) is 0 Å². The van der Waals surface area contributed by atoms with Crippen LogP contribution in [0.5, 0.6) is 0 Å². The topological polar surface area (TPSA) is 62.8 Å². The summed E-state index contributed by atoms with van der Waals surface area (Å²) in [5.74, 6) is 3.31. The molecule has 4 atom stereocenters. The van der Waals surface area contributed by atoms with Gasteiger partial charge in [0, 0.05) is 114 Å². The van der Waals surface area contributed by atoms with E-state index in [0.29, 0.717) is 24.2 Å². The lowest BCUT2D eigenvalue weighted by Crippen LogP contribution is -2.42. The average molecular weight is 809 g/mol. The lowest BCUT2D eigenvalue weighted by molar-refractivity contribution is 0.326. The van der Waals surface area contributed by atoms with E-state index in [4.69, 9.17) is 0 Å². The fourth-order valence-corrected chi connectivity index (χ4v) is 10.8. The van der Waals surface area contributed by atoms with Gasteiger partial charge >= 0.3 is 0 Å². The van der Waals surface area contributed by atoms with E-state index in [1.807, 2.05) is 38.4 Å². The van der Waals surface area contributed by atoms with Crippen molar-refractivity contribution in [3.05, 3.63) is 96.8 Å². The SMILES string of the molecule is CC.Fc1cccc(N2CCC[C@@H](Nc3cc(N4C5CCCC4CC5)ccn3)C2)c1.Fc1cccc(N2CCC[C@@H](Nc3cc(N4CC5CCC(CC5)C4)ccn3)C2)c1.[HH].[HH]. The Morgan fingerprint density at radius 1 is 0.508 bits per heavy atom. The van der Waals surface area contributed by atoms with Gasteiger partial charge in [-0.1, -0.05) is 26.0 Å². The molecule has 8 nitrogen and oxygen atoms in total. The standard InChI is InChI=1S/C24H31FN4.C23H29FN4.C2H6.2H2/c25-20-3-1-5-22(13-20)28-12-2-4-21(17-28)27-24-14-23(10-11-26-24)29-15-18-6-7-19(16-29)9-8-18;24-17-4-1-8-21(14-17)27-13-3-5-18(16-27)26-23-15-22(11-12-25-23)28-19-6-2-7-20(28)10-9-19;1-2;;/h1,3,5,10-11,13-14,18-19,21H,2,4,6-9,12,15-17H2,(H,26,27);1,4,8,11-12,14-15,18-20H,2-3,5-7,9-10,13,16H2,(H,25,26);1-2H3;2*1H/t18?,19?,21-;18-,19?,20?;;;/m11.../s1. The highest BCUT2D eigenvalue weighted by Gasteiger charge is 2.37. The van der Waals surface area contributed by atoms with Gasteiger partial charge in [-0.15, -0.1) is 0 Å². The Hall–Kier alpha value is -4.60. The Kier molecular flexibility index (Phi) is 13.7. The number of nitrogens with zero attached hydrogens (tertiary/aromatic N) is 6. The van der Waals surface area contributed by atoms with Crippen LogP contribution in [0.3, 0.4) is 0 Å². The van der Waals surface area contributed by atoms with E-state index in [0.717, 1.165) is 86.7 Å². The fourth-order valence-electron chi connectivity index (χ4n) is 10.8. The number of nitrogens with one attached hydrogen (secondary N) is 2. The molecule has 2 aromatic carbocycles. The number of hydrogen-bond donors (Lipinski definition) is 2. The van der Waals surface area contributed by atoms with Crippen molar-refractivity contribution in [2.45, 2.75) is 121 Å². The van der Waals surface area contributed by atoms with E-state index >= 15 is 0 Å². The quantitative estimate of drug-likeness (QED) is 0.183. The largest absolute Gasteiger partial charge is 0.371 e. The molecule has 11 rings (SSSR count). The van der Waals surface area contributed by atoms with E-state index < -0.39 is 0 Å². The van der Waals surface area contributed by atoms with Crippen LogP contribution in [0.1, 0.15) is 100 Å². The number of aromatic nitrogens is 2. The van der Waals surface area contributed by atoms with Gasteiger partial charge in [-0.25, -0.2) is 18.7 Å². The number of pyridine rings is 2. The zero-order chi connectivity index (χ0) is 40.6. The van der Waals surface area contributed by atoms with Crippen molar-refractivity contribution in [2.24, 2.45) is 11.8 Å². The first-order valence-electron chi connectivity index (χ1n) is 23.0. The Labute approximate surface area is 354 Å². The Balaban J connectivity index is 0.000000190. The summed E-state index contributed by atoms with van der Waals surface area (Å²) in [7, 11) is 0. The molecule has 320 valence electrons. The van der Waals surface area contributed by atoms with Crippen LogP contribution in [0.15, 0.2) is 85.2 Å². The number of rotatable bonds is 8. The van der Waals surface area contributed by atoms with Gasteiger partial charge in [-0.3, -0.25) is 0 Å². The van der Waals surface area contributed by atoms with Gasteiger partial charge < -0.3 is 30.2 Å². The van der Waals surface area contributed by atoms with Crippen LogP contribution in [0.4, 0.5) is 43.2 Å². The molecule has 7 aliphatic rings. The predicted molar refractivity (Wildman–Crippen MR) is 245 cm³/mol. The number of anilines is 6. The lowest BCUT2D eigenvalue weighted by Gasteiger charge is -2.37. The van der Waals surface area contributed by atoms with Crippen LogP contribution in [-0.2, 0) is 0 Å². The molecule has 4 bridgehead atoms. The molecule has 8 heterocycles. The molecule has 6 aliphatic heterocycles. The average Bonchev–Trinajstić information content (AvgIpc) is 3.45. The summed E-state index contributed by atoms with van der Waals surface area (Å²) in [5.41, 5.74) is 4.57. The summed E-state index contributed by atoms with van der Waals surface area (Å²) in [6.07, 6.45) is 20.6. The monoisotopic (exact) mass is 809 g/mol. The van der Waals surface area contributed by atoms with Gasteiger partial charge in [-0.2, -0.15) is 0 Å². The smallest absolute Gasteiger partial charge is 0.128 e. The third-order valence-corrected chi connectivity index (χ3v) is 13.7. The number of benzene rings is 2. The van der Waals surface area contributed by atoms with Crippen molar-refractivity contribution in [3.8, 4) is 0 Å². The summed E-state index contributed by atoms with van der Waals surface area (Å²) in [5, 5.41) is 7.31. The van der Waals surface area contributed by atoms with Gasteiger partial charge in [0.25, 0.3) is 0 Å². The van der Waals surface area contributed by atoms with Gasteiger partial charge in [0.15, 0.2) is 0 Å². The highest BCUT2D eigenvalue weighted by atomic mass is 19.1. The van der Waals surface area contributed by atoms with Gasteiger partial charge in [-0.05, 0) is 144 Å². The summed E-state index contributed by atoms with van der Waals surface area (Å²) < 4.78 is 27.2. The molecule has 0 amide bonds. The van der Waals surface area contributed by atoms with Crippen LogP contribution in [0.25, 0.3) is 0 Å². The Morgan fingerprint density at radius 2 is 0.983 bits per heavy atom. The summed E-state index contributed by atoms with van der Waals surface area (Å²) >= 11 is 0. The highest BCUT2D eigenvalue weighted by Crippen LogP contribution is 2.40. The van der Waals surface area contributed by atoms with Crippen molar-refractivity contribution in [3.63, 3.8) is 0 Å². The number of halogens is 2. The summed E-state index contributed by atoms with van der Waals surface area (Å²) in [6, 6.07) is 24.7. The molecule has 0 spiro atoms. The second-order valence-electron chi connectivity index (χ2n) is 17.6. The number of hydrogen-bond acceptors (Lipinski definition) is 8. The maximum Gasteiger partial charge on any atom is 0.128 e. The second kappa shape index (κ2) is 19.6. The molecule has 2 unspecified atom stereocenters. The van der Waals surface area contributed by atoms with E-state index in [1.165, 1.54) is 94.4 Å². The minimum absolute atomic E-state index is 0. The van der Waals surface area contributed by atoms with E-state index in [-0.39, 0.29) is 14.5 Å². The van der Waals surface area contributed by atoms with E-state index in [1.54, 1.807) is 24.3 Å². The Bertz CT molecular complexity index is 1920. The van der Waals surface area contributed by atoms with Crippen LogP contribution >= 0.6 is 0 Å². The molecule has 2 aromatic heterocycles. The van der Waals surface area contributed by atoms with Gasteiger partial charge in [0.1, 0.15) is 23.3 Å². The van der Waals surface area contributed by atoms with Crippen molar-refractivity contribution in [1.82, 2.24) is 9.97 Å². The first kappa shape index (κ1) is 41.1. The molecule has 1 aliphatic carbocycles. The van der Waals surface area contributed by atoms with Crippen LogP contribution < -0.4 is 30.2 Å². The molecule has 1 saturated carbocycles. The fraction of sp³-hybridized carbons (Fsp3) is 0.551. The minimum atomic E-state index is -0.168. The highest BCUT2D eigenvalue weighted by molar-refractivity contribution is 5.58. The number of fused-ring (bicyclic) bond motifs is 6. The summed E-state index contributed by atoms with van der Waals surface area (Å²) in [4.78, 5) is 19.0. The van der Waals surface area contributed by atoms with Crippen molar-refractivity contribution >= 4 is 34.4 Å². The van der Waals surface area contributed by atoms with Crippen LogP contribution in [-0.4, -0.2) is 73.4 Å². The first-order chi connectivity index (χ1) is 29.0. The summed E-state index contributed by atoms with van der Waals surface area (Å²) in [6.45, 7) is 10.1. The normalized spacial score (nSPS) is 26.2. The maximum absolute atomic E-state index is 13.6. The van der Waals surface area contributed by atoms with Crippen LogP contribution in [0, 0.1) is 23.5 Å². The molecule has 10 heteroatoms. The molecule has 59 heavy (non-hydrogen) atoms. The second-order valence-corrected chi connectivity index (χ2v) is 17.6. The molecule has 0 radical (unpaired) electrons. The minimum Gasteiger partial charge on any atom is -0.371 e. The molecule has 2 N–H and O–H groups in total. The third-order valence-electron chi connectivity index (χ3n) is 13.7. The molecule has 7 fully saturated rings. The van der Waals surface area contributed by atoms with Crippen LogP contribution in [0.2, 0.25) is 0 Å². The van der Waals surface area contributed by atoms with E-state index in [2.05, 4.69) is 64.5 Å². The van der Waals surface area contributed by atoms with Gasteiger partial charge in [0.2, 0.25) is 0 Å². The van der Waals surface area contributed by atoms with Crippen molar-refractivity contribution < 1.29 is 11.6 Å². The first-order valence-corrected chi connectivity index (χ1v) is 23.0. The van der Waals surface area contributed by atoms with Crippen molar-refractivity contribution in [2.75, 3.05) is 69.5 Å². The van der Waals surface area contributed by atoms with Crippen molar-refractivity contribution in [1.29, 1.82) is 0 Å². The zero-order valence-corrected chi connectivity index (χ0v) is 35.4. The van der Waals surface area contributed by atoms with E-state index in [9.17, 15) is 8.78 Å². The third kappa shape index (κ3) is 10.4. The maximum atomic E-state index is 13.6.